The highest BCUT2D eigenvalue weighted by Gasteiger charge is 2.04. The van der Waals surface area contributed by atoms with E-state index in [4.69, 9.17) is 5.11 Å². The van der Waals surface area contributed by atoms with E-state index in [9.17, 15) is 4.79 Å². The molecule has 0 amide bonds. The van der Waals surface area contributed by atoms with E-state index in [1.165, 1.54) is 4.57 Å². The summed E-state index contributed by atoms with van der Waals surface area (Å²) >= 11 is 0. The van der Waals surface area contributed by atoms with Gasteiger partial charge in [0.05, 0.1) is 17.2 Å². The van der Waals surface area contributed by atoms with Gasteiger partial charge in [-0.15, -0.1) is 0 Å². The third kappa shape index (κ3) is 1.84. The summed E-state index contributed by atoms with van der Waals surface area (Å²) < 4.78 is 1.54. The van der Waals surface area contributed by atoms with E-state index in [-0.39, 0.29) is 12.2 Å². The van der Waals surface area contributed by atoms with Crippen molar-refractivity contribution in [3.8, 4) is 0 Å². The first-order chi connectivity index (χ1) is 7.74. The molecule has 0 saturated heterocycles. The monoisotopic (exact) mass is 218 g/mol. The van der Waals surface area contributed by atoms with E-state index in [1.807, 2.05) is 19.1 Å². The quantitative estimate of drug-likeness (QED) is 0.839. The normalized spacial score (nSPS) is 10.9. The highest BCUT2D eigenvalue weighted by Crippen LogP contribution is 2.11. The van der Waals surface area contributed by atoms with Crippen molar-refractivity contribution in [3.63, 3.8) is 0 Å². The number of hydrogen-bond donors (Lipinski definition) is 1. The summed E-state index contributed by atoms with van der Waals surface area (Å²) in [5, 5.41) is 9.38. The zero-order chi connectivity index (χ0) is 11.5. The Morgan fingerprint density at radius 2 is 2.25 bits per heavy atom. The average Bonchev–Trinajstić information content (AvgIpc) is 2.29. The van der Waals surface area contributed by atoms with Crippen LogP contribution in [0.2, 0.25) is 0 Å². The number of nitrogens with zero attached hydrogens (tertiary/aromatic N) is 2. The number of fused-ring (bicyclic) bond motifs is 1. The van der Waals surface area contributed by atoms with Crippen LogP contribution in [0, 0.1) is 6.92 Å². The Labute approximate surface area is 93.2 Å². The van der Waals surface area contributed by atoms with Crippen LogP contribution in [0.25, 0.3) is 10.9 Å². The van der Waals surface area contributed by atoms with E-state index in [2.05, 4.69) is 4.98 Å². The second-order valence-corrected chi connectivity index (χ2v) is 3.79. The number of rotatable bonds is 3. The van der Waals surface area contributed by atoms with Crippen LogP contribution in [0.15, 0.2) is 29.3 Å². The second kappa shape index (κ2) is 4.45. The second-order valence-electron chi connectivity index (χ2n) is 3.79. The molecule has 0 fully saturated rings. The van der Waals surface area contributed by atoms with Crippen molar-refractivity contribution < 1.29 is 5.11 Å². The molecule has 16 heavy (non-hydrogen) atoms. The Kier molecular flexibility index (Phi) is 3.01. The van der Waals surface area contributed by atoms with Crippen molar-refractivity contribution >= 4 is 10.9 Å². The molecular formula is C12H14N2O2. The fraction of sp³-hybridized carbons (Fsp3) is 0.333. The first-order valence-electron chi connectivity index (χ1n) is 5.29. The molecular weight excluding hydrogens is 204 g/mol. The van der Waals surface area contributed by atoms with Crippen LogP contribution in [0.3, 0.4) is 0 Å². The number of aliphatic hydroxyl groups excluding tert-OH is 1. The average molecular weight is 218 g/mol. The highest BCUT2D eigenvalue weighted by molar-refractivity contribution is 5.80. The number of aliphatic hydroxyl groups is 1. The predicted octanol–water partition coefficient (Wildman–Crippen LogP) is 1.09. The fourth-order valence-corrected chi connectivity index (χ4v) is 1.74. The molecule has 0 saturated carbocycles. The summed E-state index contributed by atoms with van der Waals surface area (Å²) in [6, 6.07) is 5.58. The van der Waals surface area contributed by atoms with Gasteiger partial charge in [0.1, 0.15) is 0 Å². The lowest BCUT2D eigenvalue weighted by Gasteiger charge is -2.06. The van der Waals surface area contributed by atoms with E-state index < -0.39 is 0 Å². The molecule has 4 nitrogen and oxygen atoms in total. The summed E-state index contributed by atoms with van der Waals surface area (Å²) in [5.74, 6) is 0. The van der Waals surface area contributed by atoms with Crippen molar-refractivity contribution in [2.75, 3.05) is 6.61 Å². The summed E-state index contributed by atoms with van der Waals surface area (Å²) in [4.78, 5) is 16.3. The van der Waals surface area contributed by atoms with Crippen LogP contribution in [-0.4, -0.2) is 21.3 Å². The van der Waals surface area contributed by atoms with E-state index in [0.29, 0.717) is 18.4 Å². The van der Waals surface area contributed by atoms with Gasteiger partial charge in [-0.3, -0.25) is 9.36 Å². The Hall–Kier alpha value is -1.68. The van der Waals surface area contributed by atoms with Crippen molar-refractivity contribution in [1.29, 1.82) is 0 Å². The standard InChI is InChI=1S/C12H14N2O2/c1-9-4-2-5-10-11(9)13-8-14(12(10)16)6-3-7-15/h2,4-5,8,15H,3,6-7H2,1H3. The Bertz CT molecular complexity index is 560. The van der Waals surface area contributed by atoms with Crippen LogP contribution < -0.4 is 5.56 Å². The fourth-order valence-electron chi connectivity index (χ4n) is 1.74. The number of aryl methyl sites for hydroxylation is 2. The third-order valence-corrected chi connectivity index (χ3v) is 2.61. The number of aromatic nitrogens is 2. The third-order valence-electron chi connectivity index (χ3n) is 2.61. The van der Waals surface area contributed by atoms with Crippen LogP contribution in [0.1, 0.15) is 12.0 Å². The largest absolute Gasteiger partial charge is 0.396 e. The lowest BCUT2D eigenvalue weighted by molar-refractivity contribution is 0.279. The summed E-state index contributed by atoms with van der Waals surface area (Å²) in [6.45, 7) is 2.53. The van der Waals surface area contributed by atoms with Gasteiger partial charge in [-0.05, 0) is 25.0 Å². The minimum Gasteiger partial charge on any atom is -0.396 e. The van der Waals surface area contributed by atoms with Gasteiger partial charge in [0.25, 0.3) is 5.56 Å². The molecule has 0 atom stereocenters. The van der Waals surface area contributed by atoms with Gasteiger partial charge in [-0.1, -0.05) is 12.1 Å². The van der Waals surface area contributed by atoms with Gasteiger partial charge in [-0.25, -0.2) is 4.98 Å². The van der Waals surface area contributed by atoms with Gasteiger partial charge < -0.3 is 5.11 Å². The molecule has 0 aliphatic carbocycles. The zero-order valence-corrected chi connectivity index (χ0v) is 9.18. The van der Waals surface area contributed by atoms with Crippen molar-refractivity contribution in [1.82, 2.24) is 9.55 Å². The summed E-state index contributed by atoms with van der Waals surface area (Å²) in [6.07, 6.45) is 2.12. The summed E-state index contributed by atoms with van der Waals surface area (Å²) in [7, 11) is 0. The molecule has 0 spiro atoms. The lowest BCUT2D eigenvalue weighted by Crippen LogP contribution is -2.21. The number of para-hydroxylation sites is 1. The van der Waals surface area contributed by atoms with E-state index >= 15 is 0 Å². The molecule has 1 aromatic carbocycles. The van der Waals surface area contributed by atoms with Gasteiger partial charge in [0.2, 0.25) is 0 Å². The van der Waals surface area contributed by atoms with Gasteiger partial charge in [-0.2, -0.15) is 0 Å². The molecule has 1 heterocycles. The SMILES string of the molecule is Cc1cccc2c(=O)n(CCCO)cnc12. The molecule has 1 N–H and O–H groups in total. The molecule has 0 radical (unpaired) electrons. The van der Waals surface area contributed by atoms with E-state index in [0.717, 1.165) is 11.1 Å². The topological polar surface area (TPSA) is 55.1 Å². The molecule has 0 bridgehead atoms. The minimum atomic E-state index is -0.0397. The molecule has 2 rings (SSSR count). The molecule has 0 aliphatic rings. The van der Waals surface area contributed by atoms with Crippen LogP contribution in [-0.2, 0) is 6.54 Å². The zero-order valence-electron chi connectivity index (χ0n) is 9.18. The van der Waals surface area contributed by atoms with Crippen LogP contribution >= 0.6 is 0 Å². The molecule has 0 unspecified atom stereocenters. The first-order valence-corrected chi connectivity index (χ1v) is 5.29. The van der Waals surface area contributed by atoms with Crippen molar-refractivity contribution in [2.24, 2.45) is 0 Å². The smallest absolute Gasteiger partial charge is 0.261 e. The van der Waals surface area contributed by atoms with Gasteiger partial charge in [0, 0.05) is 13.2 Å². The Balaban J connectivity index is 2.57. The maximum Gasteiger partial charge on any atom is 0.261 e. The Morgan fingerprint density at radius 3 is 3.00 bits per heavy atom. The van der Waals surface area contributed by atoms with Crippen LogP contribution in [0.5, 0.6) is 0 Å². The van der Waals surface area contributed by atoms with Crippen molar-refractivity contribution in [2.45, 2.75) is 19.9 Å². The van der Waals surface area contributed by atoms with Gasteiger partial charge >= 0.3 is 0 Å². The first kappa shape index (κ1) is 10.8. The molecule has 0 aliphatic heterocycles. The maximum absolute atomic E-state index is 12.0. The van der Waals surface area contributed by atoms with E-state index in [1.54, 1.807) is 12.4 Å². The maximum atomic E-state index is 12.0. The molecule has 1 aromatic heterocycles. The van der Waals surface area contributed by atoms with Gasteiger partial charge in [0.15, 0.2) is 0 Å². The molecule has 84 valence electrons. The number of benzene rings is 1. The van der Waals surface area contributed by atoms with Crippen molar-refractivity contribution in [3.05, 3.63) is 40.4 Å². The minimum absolute atomic E-state index is 0.0397. The number of hydrogen-bond acceptors (Lipinski definition) is 3. The van der Waals surface area contributed by atoms with Crippen LogP contribution in [0.4, 0.5) is 0 Å². The Morgan fingerprint density at radius 1 is 1.44 bits per heavy atom. The molecule has 4 heteroatoms. The highest BCUT2D eigenvalue weighted by atomic mass is 16.3. The predicted molar refractivity (Wildman–Crippen MR) is 62.4 cm³/mol. The summed E-state index contributed by atoms with van der Waals surface area (Å²) in [5.41, 5.74) is 1.72. The lowest BCUT2D eigenvalue weighted by atomic mass is 10.1. The molecule has 2 aromatic rings.